The molecule has 0 atom stereocenters. The highest BCUT2D eigenvalue weighted by molar-refractivity contribution is 5.94. The minimum absolute atomic E-state index is 0.0820. The predicted molar refractivity (Wildman–Crippen MR) is 144 cm³/mol. The fourth-order valence-electron chi connectivity index (χ4n) is 5.88. The number of aromatic nitrogens is 7. The second-order valence-electron chi connectivity index (χ2n) is 10.5. The van der Waals surface area contributed by atoms with E-state index in [1.807, 2.05) is 37.1 Å². The summed E-state index contributed by atoms with van der Waals surface area (Å²) in [5.74, 6) is 0.856. The van der Waals surface area contributed by atoms with Gasteiger partial charge in [0, 0.05) is 42.2 Å². The average Bonchev–Trinajstić information content (AvgIpc) is 3.32. The number of carbonyl (C=O) groups is 1. The maximum atomic E-state index is 13.2. The van der Waals surface area contributed by atoms with Gasteiger partial charge in [-0.1, -0.05) is 19.3 Å². The van der Waals surface area contributed by atoms with E-state index in [2.05, 4.69) is 29.9 Å². The van der Waals surface area contributed by atoms with Crippen LogP contribution in [0.15, 0.2) is 37.1 Å². The summed E-state index contributed by atoms with van der Waals surface area (Å²) in [4.78, 5) is 37.2. The van der Waals surface area contributed by atoms with Gasteiger partial charge in [0.15, 0.2) is 5.65 Å². The van der Waals surface area contributed by atoms with E-state index in [0.717, 1.165) is 65.0 Å². The van der Waals surface area contributed by atoms with Crippen molar-refractivity contribution in [3.63, 3.8) is 0 Å². The summed E-state index contributed by atoms with van der Waals surface area (Å²) in [6.07, 6.45) is 14.5. The van der Waals surface area contributed by atoms with Gasteiger partial charge >= 0.3 is 0 Å². The fourth-order valence-corrected chi connectivity index (χ4v) is 5.88. The third-order valence-electron chi connectivity index (χ3n) is 7.71. The topological polar surface area (TPSA) is 115 Å². The molecule has 0 aromatic carbocycles. The number of aryl methyl sites for hydroxylation is 2. The van der Waals surface area contributed by atoms with Gasteiger partial charge in [-0.3, -0.25) is 9.78 Å². The first-order valence-corrected chi connectivity index (χ1v) is 13.6. The van der Waals surface area contributed by atoms with Crippen molar-refractivity contribution >= 4 is 28.6 Å². The first kappa shape index (κ1) is 24.4. The lowest BCUT2D eigenvalue weighted by Crippen LogP contribution is -2.38. The standard InChI is InChI=1S/C28H33N9O/c1-18-12-21(13-19(2)32-18)27(38)36-10-8-20(9-11-36)25-24-16-31-28(33-22-14-29-17-30-15-22)34-26(24)37(35-25)23-6-4-3-5-7-23/h12-17,20,23H,3-11H2,1-2H3,(H,31,33,34). The highest BCUT2D eigenvalue weighted by atomic mass is 16.2. The Labute approximate surface area is 222 Å². The van der Waals surface area contributed by atoms with Crippen LogP contribution in [0.1, 0.15) is 84.3 Å². The molecule has 196 valence electrons. The first-order chi connectivity index (χ1) is 18.5. The van der Waals surface area contributed by atoms with Gasteiger partial charge in [0.2, 0.25) is 5.95 Å². The second-order valence-corrected chi connectivity index (χ2v) is 10.5. The maximum absolute atomic E-state index is 13.2. The Morgan fingerprint density at radius 3 is 2.34 bits per heavy atom. The molecule has 2 aliphatic rings. The smallest absolute Gasteiger partial charge is 0.253 e. The quantitative estimate of drug-likeness (QED) is 0.402. The molecule has 4 aromatic rings. The molecule has 0 unspecified atom stereocenters. The fraction of sp³-hybridized carbons (Fsp3) is 0.464. The lowest BCUT2D eigenvalue weighted by Gasteiger charge is -2.31. The first-order valence-electron chi connectivity index (χ1n) is 13.6. The van der Waals surface area contributed by atoms with Gasteiger partial charge in [-0.15, -0.1) is 0 Å². The third-order valence-corrected chi connectivity index (χ3v) is 7.71. The van der Waals surface area contributed by atoms with Crippen LogP contribution in [-0.2, 0) is 0 Å². The van der Waals surface area contributed by atoms with Crippen molar-refractivity contribution in [1.82, 2.24) is 39.6 Å². The maximum Gasteiger partial charge on any atom is 0.253 e. The molecule has 1 aliphatic carbocycles. The number of carbonyl (C=O) groups excluding carboxylic acids is 1. The van der Waals surface area contributed by atoms with Crippen LogP contribution in [-0.4, -0.2) is 58.6 Å². The van der Waals surface area contributed by atoms with E-state index in [1.54, 1.807) is 12.4 Å². The number of anilines is 2. The number of amides is 1. The lowest BCUT2D eigenvalue weighted by atomic mass is 9.92. The molecule has 10 heteroatoms. The van der Waals surface area contributed by atoms with Crippen molar-refractivity contribution in [3.05, 3.63) is 59.7 Å². The Morgan fingerprint density at radius 1 is 0.921 bits per heavy atom. The number of hydrogen-bond donors (Lipinski definition) is 1. The molecule has 1 aliphatic heterocycles. The summed E-state index contributed by atoms with van der Waals surface area (Å²) < 4.78 is 2.15. The normalized spacial score (nSPS) is 17.2. The largest absolute Gasteiger partial charge is 0.339 e. The van der Waals surface area contributed by atoms with Crippen molar-refractivity contribution in [1.29, 1.82) is 0 Å². The van der Waals surface area contributed by atoms with E-state index >= 15 is 0 Å². The van der Waals surface area contributed by atoms with Gasteiger partial charge < -0.3 is 10.2 Å². The Morgan fingerprint density at radius 2 is 1.63 bits per heavy atom. The highest BCUT2D eigenvalue weighted by Gasteiger charge is 2.30. The van der Waals surface area contributed by atoms with Crippen LogP contribution in [0.25, 0.3) is 11.0 Å². The van der Waals surface area contributed by atoms with Gasteiger partial charge in [0.05, 0.1) is 35.2 Å². The van der Waals surface area contributed by atoms with Crippen LogP contribution in [0.2, 0.25) is 0 Å². The van der Waals surface area contributed by atoms with Crippen LogP contribution in [0.5, 0.6) is 0 Å². The molecule has 1 N–H and O–H groups in total. The zero-order valence-electron chi connectivity index (χ0n) is 22.0. The lowest BCUT2D eigenvalue weighted by molar-refractivity contribution is 0.0712. The number of piperidine rings is 1. The van der Waals surface area contributed by atoms with Crippen molar-refractivity contribution in [2.75, 3.05) is 18.4 Å². The average molecular weight is 512 g/mol. The van der Waals surface area contributed by atoms with E-state index < -0.39 is 0 Å². The molecule has 1 saturated carbocycles. The number of nitrogens with zero attached hydrogens (tertiary/aromatic N) is 8. The minimum atomic E-state index is 0.0820. The molecule has 38 heavy (non-hydrogen) atoms. The Kier molecular flexibility index (Phi) is 6.70. The number of fused-ring (bicyclic) bond motifs is 1. The van der Waals surface area contributed by atoms with Gasteiger partial charge in [0.25, 0.3) is 5.91 Å². The van der Waals surface area contributed by atoms with Crippen molar-refractivity contribution < 1.29 is 4.79 Å². The predicted octanol–water partition coefficient (Wildman–Crippen LogP) is 4.90. The molecule has 1 saturated heterocycles. The minimum Gasteiger partial charge on any atom is -0.339 e. The van der Waals surface area contributed by atoms with Gasteiger partial charge in [0.1, 0.15) is 6.33 Å². The number of likely N-dealkylation sites (tertiary alicyclic amines) is 1. The van der Waals surface area contributed by atoms with Crippen LogP contribution in [0, 0.1) is 13.8 Å². The summed E-state index contributed by atoms with van der Waals surface area (Å²) in [5.41, 5.74) is 5.14. The molecule has 1 amide bonds. The number of nitrogens with one attached hydrogen (secondary N) is 1. The molecule has 0 radical (unpaired) electrons. The summed E-state index contributed by atoms with van der Waals surface area (Å²) in [5, 5.41) is 9.42. The SMILES string of the molecule is Cc1cc(C(=O)N2CCC(c3nn(C4CCCCC4)c4nc(Nc5cncnc5)ncc34)CC2)cc(C)n1. The zero-order chi connectivity index (χ0) is 26.1. The van der Waals surface area contributed by atoms with Crippen molar-refractivity contribution in [2.24, 2.45) is 0 Å². The van der Waals surface area contributed by atoms with Crippen molar-refractivity contribution in [3.8, 4) is 0 Å². The molecule has 0 bridgehead atoms. The number of pyridine rings is 1. The Hall–Kier alpha value is -3.95. The van der Waals surface area contributed by atoms with Crippen LogP contribution >= 0.6 is 0 Å². The van der Waals surface area contributed by atoms with E-state index in [1.165, 1.54) is 25.6 Å². The summed E-state index contributed by atoms with van der Waals surface area (Å²) in [6, 6.07) is 4.11. The molecular formula is C28H33N9O. The van der Waals surface area contributed by atoms with Crippen molar-refractivity contribution in [2.45, 2.75) is 70.8 Å². The number of hydrogen-bond acceptors (Lipinski definition) is 8. The highest BCUT2D eigenvalue weighted by Crippen LogP contribution is 2.36. The second kappa shape index (κ2) is 10.4. The molecule has 5 heterocycles. The van der Waals surface area contributed by atoms with Crippen LogP contribution in [0.4, 0.5) is 11.6 Å². The molecule has 6 rings (SSSR count). The van der Waals surface area contributed by atoms with Gasteiger partial charge in [-0.2, -0.15) is 10.1 Å². The molecule has 10 nitrogen and oxygen atoms in total. The van der Waals surface area contributed by atoms with Gasteiger partial charge in [-0.25, -0.2) is 19.6 Å². The molecule has 0 spiro atoms. The Balaban J connectivity index is 1.26. The number of rotatable bonds is 5. The molecule has 4 aromatic heterocycles. The van der Waals surface area contributed by atoms with E-state index in [4.69, 9.17) is 10.1 Å². The summed E-state index contributed by atoms with van der Waals surface area (Å²) in [7, 11) is 0. The third kappa shape index (κ3) is 4.94. The van der Waals surface area contributed by atoms with Crippen LogP contribution < -0.4 is 5.32 Å². The Bertz CT molecular complexity index is 1420. The zero-order valence-corrected chi connectivity index (χ0v) is 22.0. The van der Waals surface area contributed by atoms with E-state index in [9.17, 15) is 4.79 Å². The van der Waals surface area contributed by atoms with E-state index in [-0.39, 0.29) is 11.8 Å². The summed E-state index contributed by atoms with van der Waals surface area (Å²) in [6.45, 7) is 5.27. The molecule has 2 fully saturated rings. The van der Waals surface area contributed by atoms with E-state index in [0.29, 0.717) is 25.1 Å². The van der Waals surface area contributed by atoms with Gasteiger partial charge in [-0.05, 0) is 51.7 Å². The summed E-state index contributed by atoms with van der Waals surface area (Å²) >= 11 is 0. The monoisotopic (exact) mass is 511 g/mol. The molecular weight excluding hydrogens is 478 g/mol. The van der Waals surface area contributed by atoms with Crippen LogP contribution in [0.3, 0.4) is 0 Å².